The van der Waals surface area contributed by atoms with Crippen LogP contribution in [0.1, 0.15) is 24.3 Å². The summed E-state index contributed by atoms with van der Waals surface area (Å²) < 4.78 is 5.33. The molecule has 3 atom stereocenters. The number of pyridine rings is 1. The van der Waals surface area contributed by atoms with E-state index in [9.17, 15) is 15.0 Å². The number of rotatable bonds is 6. The Labute approximate surface area is 169 Å². The summed E-state index contributed by atoms with van der Waals surface area (Å²) in [6, 6.07) is 5.54. The first-order chi connectivity index (χ1) is 12.6. The van der Waals surface area contributed by atoms with Crippen molar-refractivity contribution < 1.29 is 19.7 Å². The molecule has 0 radical (unpaired) electrons. The van der Waals surface area contributed by atoms with Gasteiger partial charge in [0, 0.05) is 36.6 Å². The van der Waals surface area contributed by atoms with Gasteiger partial charge in [0.15, 0.2) is 0 Å². The van der Waals surface area contributed by atoms with Gasteiger partial charge in [-0.1, -0.05) is 11.6 Å². The van der Waals surface area contributed by atoms with Gasteiger partial charge in [0.25, 0.3) is 0 Å². The minimum atomic E-state index is -1.07. The average Bonchev–Trinajstić information content (AvgIpc) is 2.66. The molecule has 0 saturated carbocycles. The highest BCUT2D eigenvalue weighted by molar-refractivity contribution is 6.32. The second-order valence-corrected chi connectivity index (χ2v) is 7.01. The number of methoxy groups -OCH3 is 1. The third kappa shape index (κ3) is 4.46. The number of nitrogens with zero attached hydrogens (tertiary/aromatic N) is 1. The fourth-order valence-electron chi connectivity index (χ4n) is 4.00. The minimum absolute atomic E-state index is 0. The fourth-order valence-corrected chi connectivity index (χ4v) is 4.29. The minimum Gasteiger partial charge on any atom is -0.550 e. The Kier molecular flexibility index (Phi) is 7.68. The molecule has 6 nitrogen and oxygen atoms in total. The van der Waals surface area contributed by atoms with Gasteiger partial charge in [0.05, 0.1) is 17.6 Å². The first-order valence-corrected chi connectivity index (χ1v) is 9.09. The van der Waals surface area contributed by atoms with Crippen molar-refractivity contribution >= 4 is 40.9 Å². The number of benzene rings is 1. The molecule has 1 saturated heterocycles. The Balaban J connectivity index is 0.00000261. The molecule has 2 N–H and O–H groups in total. The molecule has 148 valence electrons. The van der Waals surface area contributed by atoms with Crippen LogP contribution in [0.5, 0.6) is 5.75 Å². The number of carbonyl (C=O) groups is 1. The molecular weight excluding hydrogens is 391 g/mol. The normalized spacial score (nSPS) is 20.7. The lowest BCUT2D eigenvalue weighted by Gasteiger charge is -2.39. The molecule has 1 aliphatic rings. The summed E-state index contributed by atoms with van der Waals surface area (Å²) in [6.45, 7) is 1.03. The van der Waals surface area contributed by atoms with E-state index in [4.69, 9.17) is 16.3 Å². The van der Waals surface area contributed by atoms with Crippen molar-refractivity contribution in [2.24, 2.45) is 11.8 Å². The number of nitrogens with one attached hydrogen (secondary N) is 1. The average molecular weight is 414 g/mol. The molecule has 0 aliphatic carbocycles. The summed E-state index contributed by atoms with van der Waals surface area (Å²) in [6.07, 6.45) is 2.68. The number of carboxylic acid groups (broad SMARTS) is 1. The van der Waals surface area contributed by atoms with Crippen molar-refractivity contribution in [3.8, 4) is 5.75 Å². The van der Waals surface area contributed by atoms with Crippen LogP contribution < -0.4 is 15.2 Å². The Morgan fingerprint density at radius 3 is 2.96 bits per heavy atom. The SMILES string of the molecule is COc1ccc2ncc(Cl)c(C(CCO)C3CCNCC3C(=O)[O-])c2c1.Cl. The Hall–Kier alpha value is -1.60. The number of aliphatic hydroxyl groups excluding tert-OH is 1. The van der Waals surface area contributed by atoms with Gasteiger partial charge in [-0.05, 0) is 55.0 Å². The Morgan fingerprint density at radius 1 is 1.52 bits per heavy atom. The molecule has 2 heterocycles. The lowest BCUT2D eigenvalue weighted by Crippen LogP contribution is -2.48. The zero-order valence-electron chi connectivity index (χ0n) is 15.0. The number of ether oxygens (including phenoxy) is 1. The lowest BCUT2D eigenvalue weighted by atomic mass is 9.72. The largest absolute Gasteiger partial charge is 0.550 e. The summed E-state index contributed by atoms with van der Waals surface area (Å²) in [5.41, 5.74) is 1.58. The van der Waals surface area contributed by atoms with Crippen LogP contribution in [0.15, 0.2) is 24.4 Å². The molecule has 1 aromatic heterocycles. The van der Waals surface area contributed by atoms with Gasteiger partial charge in [-0.15, -0.1) is 12.4 Å². The predicted octanol–water partition coefficient (Wildman–Crippen LogP) is 1.76. The molecule has 0 spiro atoms. The third-order valence-corrected chi connectivity index (χ3v) is 5.54. The van der Waals surface area contributed by atoms with E-state index >= 15 is 0 Å². The quantitative estimate of drug-likeness (QED) is 0.748. The molecule has 1 fully saturated rings. The van der Waals surface area contributed by atoms with E-state index in [1.165, 1.54) is 0 Å². The monoisotopic (exact) mass is 413 g/mol. The number of carboxylic acids is 1. The van der Waals surface area contributed by atoms with Gasteiger partial charge in [-0.25, -0.2) is 0 Å². The zero-order valence-corrected chi connectivity index (χ0v) is 16.6. The van der Waals surface area contributed by atoms with Gasteiger partial charge < -0.3 is 25.1 Å². The van der Waals surface area contributed by atoms with Crippen molar-refractivity contribution in [1.82, 2.24) is 10.3 Å². The van der Waals surface area contributed by atoms with Gasteiger partial charge in [-0.3, -0.25) is 4.98 Å². The Morgan fingerprint density at radius 2 is 2.30 bits per heavy atom. The van der Waals surface area contributed by atoms with E-state index in [-0.39, 0.29) is 30.8 Å². The number of piperidine rings is 1. The molecule has 8 heteroatoms. The van der Waals surface area contributed by atoms with Crippen molar-refractivity contribution in [3.63, 3.8) is 0 Å². The molecule has 3 rings (SSSR count). The summed E-state index contributed by atoms with van der Waals surface area (Å²) >= 11 is 6.51. The summed E-state index contributed by atoms with van der Waals surface area (Å²) in [7, 11) is 1.59. The number of aliphatic hydroxyl groups is 1. The fraction of sp³-hybridized carbons (Fsp3) is 0.474. The summed E-state index contributed by atoms with van der Waals surface area (Å²) in [5, 5.41) is 25.7. The van der Waals surface area contributed by atoms with E-state index in [1.807, 2.05) is 18.2 Å². The molecular formula is C19H23Cl2N2O4-. The van der Waals surface area contributed by atoms with Crippen LogP contribution in [-0.2, 0) is 4.79 Å². The lowest BCUT2D eigenvalue weighted by molar-refractivity contribution is -0.314. The van der Waals surface area contributed by atoms with E-state index < -0.39 is 11.9 Å². The van der Waals surface area contributed by atoms with E-state index in [0.29, 0.717) is 30.2 Å². The molecule has 27 heavy (non-hydrogen) atoms. The first-order valence-electron chi connectivity index (χ1n) is 8.71. The van der Waals surface area contributed by atoms with Gasteiger partial charge in [0.2, 0.25) is 0 Å². The molecule has 0 amide bonds. The molecule has 1 aromatic carbocycles. The summed E-state index contributed by atoms with van der Waals surface area (Å²) in [4.78, 5) is 16.0. The highest BCUT2D eigenvalue weighted by Gasteiger charge is 2.35. The molecule has 3 unspecified atom stereocenters. The first kappa shape index (κ1) is 21.7. The predicted molar refractivity (Wildman–Crippen MR) is 104 cm³/mol. The number of hydrogen-bond acceptors (Lipinski definition) is 6. The second kappa shape index (κ2) is 9.55. The highest BCUT2D eigenvalue weighted by Crippen LogP contribution is 2.43. The van der Waals surface area contributed by atoms with Crippen LogP contribution in [0.25, 0.3) is 10.9 Å². The number of aliphatic carboxylic acids is 1. The van der Waals surface area contributed by atoms with Crippen LogP contribution in [0.4, 0.5) is 0 Å². The van der Waals surface area contributed by atoms with Crippen LogP contribution in [0.2, 0.25) is 5.02 Å². The van der Waals surface area contributed by atoms with E-state index in [0.717, 1.165) is 23.0 Å². The van der Waals surface area contributed by atoms with Crippen molar-refractivity contribution in [1.29, 1.82) is 0 Å². The van der Waals surface area contributed by atoms with Gasteiger partial charge in [0.1, 0.15) is 5.75 Å². The maximum atomic E-state index is 11.7. The summed E-state index contributed by atoms with van der Waals surface area (Å²) in [5.74, 6) is -1.42. The molecule has 2 aromatic rings. The van der Waals surface area contributed by atoms with Crippen molar-refractivity contribution in [2.45, 2.75) is 18.8 Å². The zero-order chi connectivity index (χ0) is 18.7. The van der Waals surface area contributed by atoms with Crippen LogP contribution >= 0.6 is 24.0 Å². The highest BCUT2D eigenvalue weighted by atomic mass is 35.5. The smallest absolute Gasteiger partial charge is 0.119 e. The maximum Gasteiger partial charge on any atom is 0.119 e. The number of aromatic nitrogens is 1. The second-order valence-electron chi connectivity index (χ2n) is 6.60. The van der Waals surface area contributed by atoms with Gasteiger partial charge in [-0.2, -0.15) is 0 Å². The van der Waals surface area contributed by atoms with Crippen molar-refractivity contribution in [2.75, 3.05) is 26.8 Å². The van der Waals surface area contributed by atoms with Crippen molar-refractivity contribution in [3.05, 3.63) is 35.0 Å². The number of halogens is 2. The molecule has 0 bridgehead atoms. The number of carbonyl (C=O) groups excluding carboxylic acids is 1. The van der Waals surface area contributed by atoms with E-state index in [1.54, 1.807) is 13.3 Å². The van der Waals surface area contributed by atoms with Crippen LogP contribution in [-0.4, -0.2) is 42.9 Å². The standard InChI is InChI=1S/C19H23ClN2O4.ClH/c1-26-11-2-3-17-14(8-11)18(16(20)10-22-17)13(5-7-23)12-4-6-21-9-15(12)19(24)25;/h2-3,8,10,12-13,15,21,23H,4-7,9H2,1H3,(H,24,25);1H/p-1. The topological polar surface area (TPSA) is 94.5 Å². The van der Waals surface area contributed by atoms with Crippen LogP contribution in [0.3, 0.4) is 0 Å². The van der Waals surface area contributed by atoms with Crippen LogP contribution in [0, 0.1) is 11.8 Å². The Bertz CT molecular complexity index is 803. The number of hydrogen-bond donors (Lipinski definition) is 2. The van der Waals surface area contributed by atoms with E-state index in [2.05, 4.69) is 10.3 Å². The molecule has 1 aliphatic heterocycles. The number of fused-ring (bicyclic) bond motifs is 1. The maximum absolute atomic E-state index is 11.7. The third-order valence-electron chi connectivity index (χ3n) is 5.23. The van der Waals surface area contributed by atoms with Gasteiger partial charge >= 0.3 is 0 Å².